The minimum absolute atomic E-state index is 0.0518. The lowest BCUT2D eigenvalue weighted by Crippen LogP contribution is -2.20. The summed E-state index contributed by atoms with van der Waals surface area (Å²) in [5.74, 6) is 0.889. The molecule has 2 aromatic rings. The lowest BCUT2D eigenvalue weighted by Gasteiger charge is -2.26. The molecule has 0 aromatic heterocycles. The zero-order valence-electron chi connectivity index (χ0n) is 11.5. The van der Waals surface area contributed by atoms with Gasteiger partial charge in [-0.1, -0.05) is 23.7 Å². The Morgan fingerprint density at radius 1 is 1.14 bits per heavy atom. The van der Waals surface area contributed by atoms with Gasteiger partial charge in [0.1, 0.15) is 5.75 Å². The van der Waals surface area contributed by atoms with Gasteiger partial charge in [-0.3, -0.25) is 0 Å². The fourth-order valence-electron chi connectivity index (χ4n) is 2.79. The average Bonchev–Trinajstić information content (AvgIpc) is 2.48. The molecule has 0 saturated heterocycles. The number of hydrogen-bond donors (Lipinski definition) is 0. The quantitative estimate of drug-likeness (QED) is 0.847. The molecule has 2 aromatic carbocycles. The third-order valence-corrected chi connectivity index (χ3v) is 5.94. The summed E-state index contributed by atoms with van der Waals surface area (Å²) in [5.41, 5.74) is 1.88. The minimum Gasteiger partial charge on any atom is -0.497 e. The lowest BCUT2D eigenvalue weighted by atomic mass is 9.88. The van der Waals surface area contributed by atoms with Crippen LogP contribution < -0.4 is 4.74 Å². The highest BCUT2D eigenvalue weighted by atomic mass is 35.5. The van der Waals surface area contributed by atoms with Crippen LogP contribution in [0.25, 0.3) is 0 Å². The van der Waals surface area contributed by atoms with E-state index in [1.807, 2.05) is 30.3 Å². The van der Waals surface area contributed by atoms with Crippen LogP contribution in [0.1, 0.15) is 23.5 Å². The van der Waals surface area contributed by atoms with Crippen molar-refractivity contribution in [1.82, 2.24) is 0 Å². The van der Waals surface area contributed by atoms with E-state index < -0.39 is 9.84 Å². The monoisotopic (exact) mass is 322 g/mol. The first-order chi connectivity index (χ1) is 10.0. The molecule has 0 bridgehead atoms. The maximum atomic E-state index is 12.2. The Morgan fingerprint density at radius 3 is 2.52 bits per heavy atom. The molecule has 3 rings (SSSR count). The minimum atomic E-state index is -3.20. The SMILES string of the molecule is COc1ccc2c(c1)C(c1ccc(Cl)cc1)CCS2(=O)=O. The summed E-state index contributed by atoms with van der Waals surface area (Å²) in [6.07, 6.45) is 0.574. The van der Waals surface area contributed by atoms with Crippen LogP contribution in [0, 0.1) is 0 Å². The maximum absolute atomic E-state index is 12.2. The fourth-order valence-corrected chi connectivity index (χ4v) is 4.52. The Hall–Kier alpha value is -1.52. The van der Waals surface area contributed by atoms with Crippen molar-refractivity contribution in [2.75, 3.05) is 12.9 Å². The highest BCUT2D eigenvalue weighted by Gasteiger charge is 2.31. The van der Waals surface area contributed by atoms with Crippen LogP contribution >= 0.6 is 11.6 Å². The first-order valence-electron chi connectivity index (χ1n) is 6.67. The second kappa shape index (κ2) is 5.35. The molecule has 0 saturated carbocycles. The summed E-state index contributed by atoms with van der Waals surface area (Å²) in [7, 11) is -1.62. The van der Waals surface area contributed by atoms with E-state index in [0.717, 1.165) is 11.1 Å². The molecular weight excluding hydrogens is 308 g/mol. The van der Waals surface area contributed by atoms with Crippen molar-refractivity contribution in [2.24, 2.45) is 0 Å². The van der Waals surface area contributed by atoms with Crippen LogP contribution in [0.15, 0.2) is 47.4 Å². The van der Waals surface area contributed by atoms with E-state index in [0.29, 0.717) is 22.1 Å². The fraction of sp³-hybridized carbons (Fsp3) is 0.250. The number of hydrogen-bond acceptors (Lipinski definition) is 3. The normalized spacial score (nSPS) is 19.8. The van der Waals surface area contributed by atoms with Gasteiger partial charge in [-0.15, -0.1) is 0 Å². The van der Waals surface area contributed by atoms with Gasteiger partial charge in [-0.05, 0) is 47.9 Å². The van der Waals surface area contributed by atoms with Crippen LogP contribution in [0.5, 0.6) is 5.75 Å². The molecule has 3 nitrogen and oxygen atoms in total. The van der Waals surface area contributed by atoms with Crippen molar-refractivity contribution in [3.8, 4) is 5.75 Å². The van der Waals surface area contributed by atoms with Gasteiger partial charge in [0.2, 0.25) is 0 Å². The highest BCUT2D eigenvalue weighted by Crippen LogP contribution is 2.40. The van der Waals surface area contributed by atoms with Crippen LogP contribution in [0.4, 0.5) is 0 Å². The summed E-state index contributed by atoms with van der Waals surface area (Å²) in [6.45, 7) is 0. The van der Waals surface area contributed by atoms with Gasteiger partial charge in [0.15, 0.2) is 9.84 Å². The molecule has 1 heterocycles. The molecule has 0 radical (unpaired) electrons. The molecule has 1 aliphatic rings. The number of benzene rings is 2. The number of ether oxygens (including phenoxy) is 1. The Kier molecular flexibility index (Phi) is 3.68. The number of rotatable bonds is 2. The van der Waals surface area contributed by atoms with Gasteiger partial charge in [0.25, 0.3) is 0 Å². The van der Waals surface area contributed by atoms with E-state index >= 15 is 0 Å². The summed E-state index contributed by atoms with van der Waals surface area (Å²) in [5, 5.41) is 0.674. The second-order valence-electron chi connectivity index (χ2n) is 5.12. The molecule has 0 aliphatic carbocycles. The predicted octanol–water partition coefficient (Wildman–Crippen LogP) is 3.66. The van der Waals surface area contributed by atoms with Gasteiger partial charge in [-0.25, -0.2) is 8.42 Å². The topological polar surface area (TPSA) is 43.4 Å². The summed E-state index contributed by atoms with van der Waals surface area (Å²) in [6, 6.07) is 12.7. The van der Waals surface area contributed by atoms with Crippen LogP contribution in [0.3, 0.4) is 0 Å². The van der Waals surface area contributed by atoms with E-state index in [9.17, 15) is 8.42 Å². The molecule has 0 spiro atoms. The van der Waals surface area contributed by atoms with Crippen molar-refractivity contribution in [1.29, 1.82) is 0 Å². The molecule has 0 fully saturated rings. The molecule has 21 heavy (non-hydrogen) atoms. The second-order valence-corrected chi connectivity index (χ2v) is 7.63. The third-order valence-electron chi connectivity index (χ3n) is 3.88. The molecule has 1 atom stereocenters. The van der Waals surface area contributed by atoms with Gasteiger partial charge in [-0.2, -0.15) is 0 Å². The number of halogens is 1. The van der Waals surface area contributed by atoms with Crippen molar-refractivity contribution in [3.05, 3.63) is 58.6 Å². The molecule has 110 valence electrons. The van der Waals surface area contributed by atoms with Crippen molar-refractivity contribution in [3.63, 3.8) is 0 Å². The van der Waals surface area contributed by atoms with E-state index in [-0.39, 0.29) is 11.7 Å². The third kappa shape index (κ3) is 2.65. The Bertz CT molecular complexity index is 767. The van der Waals surface area contributed by atoms with Crippen LogP contribution in [-0.4, -0.2) is 21.3 Å². The largest absolute Gasteiger partial charge is 0.497 e. The Labute approximate surface area is 129 Å². The first-order valence-corrected chi connectivity index (χ1v) is 8.70. The Balaban J connectivity index is 2.15. The summed E-state index contributed by atoms with van der Waals surface area (Å²) in [4.78, 5) is 0.412. The predicted molar refractivity (Wildman–Crippen MR) is 83.0 cm³/mol. The number of fused-ring (bicyclic) bond motifs is 1. The van der Waals surface area contributed by atoms with E-state index in [1.165, 1.54) is 0 Å². The van der Waals surface area contributed by atoms with Crippen LogP contribution in [-0.2, 0) is 9.84 Å². The van der Waals surface area contributed by atoms with Gasteiger partial charge < -0.3 is 4.74 Å². The average molecular weight is 323 g/mol. The maximum Gasteiger partial charge on any atom is 0.178 e. The first kappa shape index (κ1) is 14.4. The van der Waals surface area contributed by atoms with E-state index in [4.69, 9.17) is 16.3 Å². The smallest absolute Gasteiger partial charge is 0.178 e. The molecule has 1 aliphatic heterocycles. The van der Waals surface area contributed by atoms with E-state index in [1.54, 1.807) is 19.2 Å². The van der Waals surface area contributed by atoms with E-state index in [2.05, 4.69) is 0 Å². The van der Waals surface area contributed by atoms with Gasteiger partial charge >= 0.3 is 0 Å². The zero-order valence-corrected chi connectivity index (χ0v) is 13.1. The van der Waals surface area contributed by atoms with Gasteiger partial charge in [0.05, 0.1) is 17.8 Å². The van der Waals surface area contributed by atoms with Gasteiger partial charge in [0, 0.05) is 10.9 Å². The highest BCUT2D eigenvalue weighted by molar-refractivity contribution is 7.91. The summed E-state index contributed by atoms with van der Waals surface area (Å²) >= 11 is 5.93. The van der Waals surface area contributed by atoms with Crippen molar-refractivity contribution < 1.29 is 13.2 Å². The standard InChI is InChI=1S/C16H15ClO3S/c1-20-13-6-7-16-15(10-13)14(8-9-21(16,18)19)11-2-4-12(17)5-3-11/h2-7,10,14H,8-9H2,1H3. The summed E-state index contributed by atoms with van der Waals surface area (Å²) < 4.78 is 29.7. The zero-order chi connectivity index (χ0) is 15.0. The number of sulfone groups is 1. The molecule has 1 unspecified atom stereocenters. The lowest BCUT2D eigenvalue weighted by molar-refractivity contribution is 0.413. The Morgan fingerprint density at radius 2 is 1.86 bits per heavy atom. The number of methoxy groups -OCH3 is 1. The molecular formula is C16H15ClO3S. The van der Waals surface area contributed by atoms with Crippen molar-refractivity contribution in [2.45, 2.75) is 17.2 Å². The van der Waals surface area contributed by atoms with Crippen molar-refractivity contribution >= 4 is 21.4 Å². The molecule has 0 amide bonds. The molecule has 5 heteroatoms. The van der Waals surface area contributed by atoms with Crippen LogP contribution in [0.2, 0.25) is 5.02 Å². The molecule has 0 N–H and O–H groups in total.